The van der Waals surface area contributed by atoms with Crippen LogP contribution >= 0.6 is 15.9 Å². The lowest BCUT2D eigenvalue weighted by atomic mass is 9.93. The van der Waals surface area contributed by atoms with Crippen molar-refractivity contribution in [2.75, 3.05) is 0 Å². The number of hydrogen-bond acceptors (Lipinski definition) is 2. The molecule has 0 atom stereocenters. The van der Waals surface area contributed by atoms with Crippen LogP contribution in [0.15, 0.2) is 22.9 Å². The molecule has 0 amide bonds. The Kier molecular flexibility index (Phi) is 1.83. The van der Waals surface area contributed by atoms with Gasteiger partial charge in [0.05, 0.1) is 17.6 Å². The van der Waals surface area contributed by atoms with Crippen molar-refractivity contribution >= 4 is 27.0 Å². The molecule has 3 rings (SSSR count). The normalized spacial score (nSPS) is 17.2. The average molecular weight is 252 g/mol. The van der Waals surface area contributed by atoms with Crippen LogP contribution in [0.5, 0.6) is 0 Å². The van der Waals surface area contributed by atoms with E-state index in [4.69, 9.17) is 0 Å². The first-order chi connectivity index (χ1) is 6.86. The Labute approximate surface area is 90.3 Å². The molecule has 0 radical (unpaired) electrons. The van der Waals surface area contributed by atoms with Gasteiger partial charge < -0.3 is 0 Å². The number of halogens is 1. The van der Waals surface area contributed by atoms with E-state index in [0.717, 1.165) is 15.5 Å². The monoisotopic (exact) mass is 251 g/mol. The van der Waals surface area contributed by atoms with E-state index in [1.807, 2.05) is 18.5 Å². The number of rotatable bonds is 1. The van der Waals surface area contributed by atoms with E-state index in [1.165, 1.54) is 19.3 Å². The van der Waals surface area contributed by atoms with E-state index in [-0.39, 0.29) is 0 Å². The molecule has 1 aliphatic carbocycles. The summed E-state index contributed by atoms with van der Waals surface area (Å²) in [6.45, 7) is 0. The highest BCUT2D eigenvalue weighted by atomic mass is 79.9. The van der Waals surface area contributed by atoms with Crippen molar-refractivity contribution in [3.63, 3.8) is 0 Å². The molecule has 72 valence electrons. The topological polar surface area (TPSA) is 30.7 Å². The molecule has 0 N–H and O–H groups in total. The quantitative estimate of drug-likeness (QED) is 0.781. The highest BCUT2D eigenvalue weighted by molar-refractivity contribution is 9.10. The zero-order valence-electron chi connectivity index (χ0n) is 7.65. The first-order valence-electron chi connectivity index (χ1n) is 4.84. The fourth-order valence-corrected chi connectivity index (χ4v) is 2.21. The molecule has 0 unspecified atom stereocenters. The summed E-state index contributed by atoms with van der Waals surface area (Å²) in [6, 6.07) is 2.53. The molecule has 1 saturated carbocycles. The van der Waals surface area contributed by atoms with Gasteiger partial charge in [-0.1, -0.05) is 0 Å². The van der Waals surface area contributed by atoms with Gasteiger partial charge in [0, 0.05) is 10.7 Å². The second-order valence-electron chi connectivity index (χ2n) is 3.70. The number of aromatic nitrogens is 3. The molecule has 0 aromatic carbocycles. The zero-order chi connectivity index (χ0) is 9.54. The van der Waals surface area contributed by atoms with Crippen LogP contribution in [0.4, 0.5) is 0 Å². The van der Waals surface area contributed by atoms with Gasteiger partial charge in [-0.15, -0.1) is 0 Å². The Morgan fingerprint density at radius 3 is 3.00 bits per heavy atom. The molecule has 2 aromatic rings. The van der Waals surface area contributed by atoms with Gasteiger partial charge in [-0.05, 0) is 41.3 Å². The molecule has 4 heteroatoms. The number of pyridine rings is 1. The molecular weight excluding hydrogens is 242 g/mol. The third-order valence-electron chi connectivity index (χ3n) is 2.86. The predicted octanol–water partition coefficient (Wildman–Crippen LogP) is 2.92. The minimum Gasteiger partial charge on any atom is -0.244 e. The molecule has 2 aromatic heterocycles. The van der Waals surface area contributed by atoms with Crippen LogP contribution in [-0.4, -0.2) is 14.8 Å². The maximum Gasteiger partial charge on any atom is 0.159 e. The van der Waals surface area contributed by atoms with Crippen LogP contribution < -0.4 is 0 Å². The van der Waals surface area contributed by atoms with Crippen molar-refractivity contribution in [2.45, 2.75) is 25.3 Å². The summed E-state index contributed by atoms with van der Waals surface area (Å²) in [4.78, 5) is 4.38. The molecule has 3 nitrogen and oxygen atoms in total. The molecule has 1 fully saturated rings. The van der Waals surface area contributed by atoms with E-state index in [0.29, 0.717) is 6.04 Å². The Morgan fingerprint density at radius 2 is 2.29 bits per heavy atom. The summed E-state index contributed by atoms with van der Waals surface area (Å²) in [7, 11) is 0. The predicted molar refractivity (Wildman–Crippen MR) is 58.1 cm³/mol. The van der Waals surface area contributed by atoms with Gasteiger partial charge in [0.15, 0.2) is 5.65 Å². The molecular formula is C10H10BrN3. The Hall–Kier alpha value is -0.900. The lowest BCUT2D eigenvalue weighted by molar-refractivity contribution is 0.296. The minimum atomic E-state index is 0.578. The summed E-state index contributed by atoms with van der Waals surface area (Å²) in [5.41, 5.74) is 1.00. The molecule has 0 bridgehead atoms. The SMILES string of the molecule is Brc1ccnc2c1cnn2C1CCC1. The van der Waals surface area contributed by atoms with Crippen molar-refractivity contribution < 1.29 is 0 Å². The van der Waals surface area contributed by atoms with E-state index in [2.05, 4.69) is 30.7 Å². The first-order valence-corrected chi connectivity index (χ1v) is 5.63. The van der Waals surface area contributed by atoms with Gasteiger partial charge >= 0.3 is 0 Å². The standard InChI is InChI=1S/C10H10BrN3/c11-9-4-5-12-10-8(9)6-13-14(10)7-2-1-3-7/h4-7H,1-3H2. The van der Waals surface area contributed by atoms with Gasteiger partial charge in [0.1, 0.15) is 0 Å². The van der Waals surface area contributed by atoms with Crippen molar-refractivity contribution in [3.05, 3.63) is 22.9 Å². The molecule has 1 aliphatic rings. The largest absolute Gasteiger partial charge is 0.244 e. The molecule has 0 aliphatic heterocycles. The second kappa shape index (κ2) is 3.05. The maximum atomic E-state index is 4.40. The Bertz CT molecular complexity index is 473. The zero-order valence-corrected chi connectivity index (χ0v) is 9.24. The average Bonchev–Trinajstić information content (AvgIpc) is 2.48. The van der Waals surface area contributed by atoms with Gasteiger partial charge in [-0.2, -0.15) is 5.10 Å². The third kappa shape index (κ3) is 1.10. The highest BCUT2D eigenvalue weighted by Crippen LogP contribution is 2.33. The third-order valence-corrected chi connectivity index (χ3v) is 3.56. The van der Waals surface area contributed by atoms with E-state index < -0.39 is 0 Å². The highest BCUT2D eigenvalue weighted by Gasteiger charge is 2.22. The lowest BCUT2D eigenvalue weighted by Crippen LogP contribution is -2.18. The molecule has 0 saturated heterocycles. The second-order valence-corrected chi connectivity index (χ2v) is 4.56. The van der Waals surface area contributed by atoms with E-state index in [1.54, 1.807) is 0 Å². The van der Waals surface area contributed by atoms with Gasteiger partial charge in [0.25, 0.3) is 0 Å². The van der Waals surface area contributed by atoms with Gasteiger partial charge in [-0.25, -0.2) is 9.67 Å². The van der Waals surface area contributed by atoms with Crippen LogP contribution in [-0.2, 0) is 0 Å². The fourth-order valence-electron chi connectivity index (χ4n) is 1.81. The number of nitrogens with zero attached hydrogens (tertiary/aromatic N) is 3. The summed E-state index contributed by atoms with van der Waals surface area (Å²) in [5, 5.41) is 5.51. The van der Waals surface area contributed by atoms with E-state index >= 15 is 0 Å². The fraction of sp³-hybridized carbons (Fsp3) is 0.400. The first kappa shape index (κ1) is 8.41. The number of hydrogen-bond donors (Lipinski definition) is 0. The summed E-state index contributed by atoms with van der Waals surface area (Å²) < 4.78 is 3.14. The van der Waals surface area contributed by atoms with Crippen molar-refractivity contribution in [2.24, 2.45) is 0 Å². The molecule has 14 heavy (non-hydrogen) atoms. The van der Waals surface area contributed by atoms with Crippen LogP contribution in [0.3, 0.4) is 0 Å². The van der Waals surface area contributed by atoms with Crippen molar-refractivity contribution in [3.8, 4) is 0 Å². The maximum absolute atomic E-state index is 4.40. The lowest BCUT2D eigenvalue weighted by Gasteiger charge is -2.25. The van der Waals surface area contributed by atoms with Crippen molar-refractivity contribution in [1.29, 1.82) is 0 Å². The number of fused-ring (bicyclic) bond motifs is 1. The Morgan fingerprint density at radius 1 is 1.43 bits per heavy atom. The Balaban J connectivity index is 2.20. The van der Waals surface area contributed by atoms with Gasteiger partial charge in [-0.3, -0.25) is 0 Å². The van der Waals surface area contributed by atoms with Gasteiger partial charge in [0.2, 0.25) is 0 Å². The van der Waals surface area contributed by atoms with Crippen LogP contribution in [0.2, 0.25) is 0 Å². The molecule has 2 heterocycles. The smallest absolute Gasteiger partial charge is 0.159 e. The van der Waals surface area contributed by atoms with Crippen LogP contribution in [0, 0.1) is 0 Å². The summed E-state index contributed by atoms with van der Waals surface area (Å²) >= 11 is 3.51. The summed E-state index contributed by atoms with van der Waals surface area (Å²) in [5.74, 6) is 0. The van der Waals surface area contributed by atoms with Crippen LogP contribution in [0.1, 0.15) is 25.3 Å². The minimum absolute atomic E-state index is 0.578. The molecule has 0 spiro atoms. The van der Waals surface area contributed by atoms with Crippen molar-refractivity contribution in [1.82, 2.24) is 14.8 Å². The summed E-state index contributed by atoms with van der Waals surface area (Å²) in [6.07, 6.45) is 7.52. The van der Waals surface area contributed by atoms with E-state index in [9.17, 15) is 0 Å². The van der Waals surface area contributed by atoms with Crippen LogP contribution in [0.25, 0.3) is 11.0 Å².